The Labute approximate surface area is 193 Å². The van der Waals surface area contributed by atoms with E-state index in [-0.39, 0.29) is 23.8 Å². The predicted molar refractivity (Wildman–Crippen MR) is 121 cm³/mol. The Bertz CT molecular complexity index is 1130. The third kappa shape index (κ3) is 4.14. The molecule has 0 N–H and O–H groups in total. The molecule has 0 radical (unpaired) electrons. The number of benzene rings is 1. The van der Waals surface area contributed by atoms with Gasteiger partial charge in [-0.15, -0.1) is 11.3 Å². The molecule has 0 bridgehead atoms. The van der Waals surface area contributed by atoms with Crippen LogP contribution in [0.2, 0.25) is 14.4 Å². The SMILES string of the molecule is Cc1c(C(=O)CC(=O)N2CCCC2)nn(-c2ccc(Cl)cc2Cl)c1-c1ccc(Cl)s1. The van der Waals surface area contributed by atoms with Crippen LogP contribution in [0, 0.1) is 6.92 Å². The predicted octanol–water partition coefficient (Wildman–Crippen LogP) is 6.06. The summed E-state index contributed by atoms with van der Waals surface area (Å²) in [5.41, 5.74) is 2.24. The molecule has 0 aliphatic carbocycles. The summed E-state index contributed by atoms with van der Waals surface area (Å²) in [7, 11) is 0. The van der Waals surface area contributed by atoms with Gasteiger partial charge in [0, 0.05) is 23.7 Å². The molecule has 30 heavy (non-hydrogen) atoms. The van der Waals surface area contributed by atoms with Gasteiger partial charge in [0.1, 0.15) is 5.69 Å². The molecular formula is C21H18Cl3N3O2S. The van der Waals surface area contributed by atoms with Crippen molar-refractivity contribution in [3.63, 3.8) is 0 Å². The third-order valence-corrected chi connectivity index (χ3v) is 6.88. The van der Waals surface area contributed by atoms with Crippen LogP contribution in [0.3, 0.4) is 0 Å². The zero-order valence-electron chi connectivity index (χ0n) is 16.1. The molecule has 0 saturated carbocycles. The smallest absolute Gasteiger partial charge is 0.230 e. The molecule has 0 atom stereocenters. The van der Waals surface area contributed by atoms with E-state index in [1.165, 1.54) is 11.3 Å². The normalized spacial score (nSPS) is 13.8. The molecule has 1 saturated heterocycles. The summed E-state index contributed by atoms with van der Waals surface area (Å²) in [6.07, 6.45) is 1.76. The quantitative estimate of drug-likeness (QED) is 0.328. The van der Waals surface area contributed by atoms with E-state index in [4.69, 9.17) is 34.8 Å². The number of amides is 1. The second-order valence-electron chi connectivity index (χ2n) is 7.12. The summed E-state index contributed by atoms with van der Waals surface area (Å²) < 4.78 is 2.25. The van der Waals surface area contributed by atoms with Gasteiger partial charge in [0.15, 0.2) is 5.78 Å². The van der Waals surface area contributed by atoms with Crippen LogP contribution >= 0.6 is 46.1 Å². The monoisotopic (exact) mass is 481 g/mol. The lowest BCUT2D eigenvalue weighted by Gasteiger charge is -2.14. The first-order valence-electron chi connectivity index (χ1n) is 9.47. The first kappa shape index (κ1) is 21.4. The van der Waals surface area contributed by atoms with E-state index in [0.29, 0.717) is 44.4 Å². The van der Waals surface area contributed by atoms with E-state index < -0.39 is 0 Å². The Morgan fingerprint density at radius 1 is 1.10 bits per heavy atom. The number of aromatic nitrogens is 2. The molecule has 4 rings (SSSR count). The lowest BCUT2D eigenvalue weighted by Crippen LogP contribution is -2.29. The van der Waals surface area contributed by atoms with E-state index in [0.717, 1.165) is 17.7 Å². The number of rotatable bonds is 5. The van der Waals surface area contributed by atoms with Crippen LogP contribution in [0.4, 0.5) is 0 Å². The number of nitrogens with zero attached hydrogens (tertiary/aromatic N) is 3. The number of Topliss-reactive ketones (excluding diaryl/α,β-unsaturated/α-hetero) is 1. The van der Waals surface area contributed by atoms with Crippen molar-refractivity contribution in [3.05, 3.63) is 56.0 Å². The van der Waals surface area contributed by atoms with Gasteiger partial charge in [0.05, 0.1) is 32.0 Å². The van der Waals surface area contributed by atoms with Crippen molar-refractivity contribution in [2.75, 3.05) is 13.1 Å². The van der Waals surface area contributed by atoms with Crippen LogP contribution in [0.15, 0.2) is 30.3 Å². The van der Waals surface area contributed by atoms with Crippen LogP contribution in [-0.2, 0) is 4.79 Å². The first-order valence-corrected chi connectivity index (χ1v) is 11.4. The van der Waals surface area contributed by atoms with Crippen molar-refractivity contribution in [3.8, 4) is 16.3 Å². The molecule has 1 aliphatic rings. The van der Waals surface area contributed by atoms with E-state index >= 15 is 0 Å². The molecule has 5 nitrogen and oxygen atoms in total. The molecule has 1 fully saturated rings. The molecule has 3 aromatic rings. The average molecular weight is 483 g/mol. The minimum atomic E-state index is -0.308. The number of hydrogen-bond donors (Lipinski definition) is 0. The number of carbonyl (C=O) groups is 2. The highest BCUT2D eigenvalue weighted by Crippen LogP contribution is 2.37. The van der Waals surface area contributed by atoms with Gasteiger partial charge < -0.3 is 4.90 Å². The van der Waals surface area contributed by atoms with Crippen LogP contribution in [0.25, 0.3) is 16.3 Å². The van der Waals surface area contributed by atoms with Crippen LogP contribution in [0.5, 0.6) is 0 Å². The first-order chi connectivity index (χ1) is 14.3. The number of halogens is 3. The largest absolute Gasteiger partial charge is 0.342 e. The van der Waals surface area contributed by atoms with Gasteiger partial charge in [-0.05, 0) is 50.1 Å². The van der Waals surface area contributed by atoms with Crippen molar-refractivity contribution in [1.82, 2.24) is 14.7 Å². The number of ketones is 1. The van der Waals surface area contributed by atoms with Gasteiger partial charge in [0.25, 0.3) is 0 Å². The van der Waals surface area contributed by atoms with Crippen molar-refractivity contribution in [2.24, 2.45) is 0 Å². The van der Waals surface area contributed by atoms with Crippen molar-refractivity contribution < 1.29 is 9.59 Å². The summed E-state index contributed by atoms with van der Waals surface area (Å²) in [6.45, 7) is 3.24. The van der Waals surface area contributed by atoms with E-state index in [2.05, 4.69) is 5.10 Å². The Balaban J connectivity index is 1.77. The molecule has 1 aliphatic heterocycles. The fraction of sp³-hybridized carbons (Fsp3) is 0.286. The standard InChI is InChI=1S/C21H18Cl3N3O2S/c1-12-20(16(28)11-19(29)26-8-2-3-9-26)25-27(15-5-4-13(22)10-14(15)23)21(12)17-6-7-18(24)30-17/h4-7,10H,2-3,8-9,11H2,1H3. The highest BCUT2D eigenvalue weighted by Gasteiger charge is 2.27. The Kier molecular flexibility index (Phi) is 6.21. The zero-order chi connectivity index (χ0) is 21.4. The molecule has 2 aromatic heterocycles. The van der Waals surface area contributed by atoms with Crippen LogP contribution in [-0.4, -0.2) is 39.5 Å². The number of carbonyl (C=O) groups excluding carboxylic acids is 2. The highest BCUT2D eigenvalue weighted by molar-refractivity contribution is 7.19. The van der Waals surface area contributed by atoms with Gasteiger partial charge in [-0.1, -0.05) is 34.8 Å². The molecule has 1 amide bonds. The maximum Gasteiger partial charge on any atom is 0.230 e. The maximum atomic E-state index is 13.0. The van der Waals surface area contributed by atoms with Gasteiger partial charge in [0.2, 0.25) is 5.91 Å². The van der Waals surface area contributed by atoms with Crippen LogP contribution < -0.4 is 0 Å². The topological polar surface area (TPSA) is 55.2 Å². The molecular weight excluding hydrogens is 465 g/mol. The van der Waals surface area contributed by atoms with Crippen molar-refractivity contribution >= 4 is 57.8 Å². The van der Waals surface area contributed by atoms with Gasteiger partial charge in [-0.2, -0.15) is 5.10 Å². The fourth-order valence-electron chi connectivity index (χ4n) is 3.62. The minimum Gasteiger partial charge on any atom is -0.342 e. The van der Waals surface area contributed by atoms with E-state index in [1.807, 2.05) is 13.0 Å². The lowest BCUT2D eigenvalue weighted by atomic mass is 10.1. The molecule has 9 heteroatoms. The fourth-order valence-corrected chi connectivity index (χ4v) is 5.24. The molecule has 156 valence electrons. The third-order valence-electron chi connectivity index (χ3n) is 5.10. The van der Waals surface area contributed by atoms with Gasteiger partial charge in [-0.3, -0.25) is 9.59 Å². The Hall–Kier alpha value is -1.86. The summed E-state index contributed by atoms with van der Waals surface area (Å²) in [5.74, 6) is -0.464. The second-order valence-corrected chi connectivity index (χ2v) is 9.68. The summed E-state index contributed by atoms with van der Waals surface area (Å²) >= 11 is 20.0. The van der Waals surface area contributed by atoms with E-state index in [1.54, 1.807) is 33.8 Å². The Morgan fingerprint density at radius 3 is 2.47 bits per heavy atom. The number of likely N-dealkylation sites (tertiary alicyclic amines) is 1. The van der Waals surface area contributed by atoms with Crippen molar-refractivity contribution in [2.45, 2.75) is 26.2 Å². The molecule has 1 aromatic carbocycles. The maximum absolute atomic E-state index is 13.0. The molecule has 0 unspecified atom stereocenters. The number of thiophene rings is 1. The second kappa shape index (κ2) is 8.71. The zero-order valence-corrected chi connectivity index (χ0v) is 19.2. The van der Waals surface area contributed by atoms with Gasteiger partial charge >= 0.3 is 0 Å². The van der Waals surface area contributed by atoms with E-state index in [9.17, 15) is 9.59 Å². The summed E-state index contributed by atoms with van der Waals surface area (Å²) in [6, 6.07) is 8.75. The summed E-state index contributed by atoms with van der Waals surface area (Å²) in [5, 5.41) is 5.47. The minimum absolute atomic E-state index is 0.156. The Morgan fingerprint density at radius 2 is 1.83 bits per heavy atom. The summed E-state index contributed by atoms with van der Waals surface area (Å²) in [4.78, 5) is 28.1. The average Bonchev–Trinajstić information content (AvgIpc) is 3.42. The van der Waals surface area contributed by atoms with Crippen molar-refractivity contribution in [1.29, 1.82) is 0 Å². The molecule has 0 spiro atoms. The highest BCUT2D eigenvalue weighted by atomic mass is 35.5. The lowest BCUT2D eigenvalue weighted by molar-refractivity contribution is -0.129. The van der Waals surface area contributed by atoms with Crippen LogP contribution in [0.1, 0.15) is 35.3 Å². The number of hydrogen-bond acceptors (Lipinski definition) is 4. The molecule has 3 heterocycles. The van der Waals surface area contributed by atoms with Gasteiger partial charge in [-0.25, -0.2) is 4.68 Å².